The van der Waals surface area contributed by atoms with E-state index in [-0.39, 0.29) is 5.78 Å². The van der Waals surface area contributed by atoms with Crippen molar-refractivity contribution in [2.45, 2.75) is 90.3 Å². The van der Waals surface area contributed by atoms with Gasteiger partial charge in [0.25, 0.3) is 0 Å². The maximum Gasteiger partial charge on any atom is 0.132 e. The van der Waals surface area contributed by atoms with Crippen molar-refractivity contribution in [3.63, 3.8) is 0 Å². The van der Waals surface area contributed by atoms with Gasteiger partial charge in [-0.15, -0.1) is 0 Å². The Bertz CT molecular complexity index is 592. The minimum absolute atomic E-state index is 0.231. The van der Waals surface area contributed by atoms with Crippen LogP contribution in [0.4, 0.5) is 0 Å². The lowest BCUT2D eigenvalue weighted by atomic mass is 9.49. The summed E-state index contributed by atoms with van der Waals surface area (Å²) in [5.41, 5.74) is 1.35. The highest BCUT2D eigenvalue weighted by molar-refractivity contribution is 5.75. The van der Waals surface area contributed by atoms with Crippen molar-refractivity contribution in [2.75, 3.05) is 6.61 Å². The molecule has 7 atom stereocenters. The maximum absolute atomic E-state index is 11.2. The summed E-state index contributed by atoms with van der Waals surface area (Å²) in [4.78, 5) is 11.2. The molecular weight excluding hydrogens is 324 g/mol. The SMILES string of the molecule is CC(=O)CCO[C@H]1CCC2C3CC=C4C[C@@](C)(O)CC[C@]4(C)C3CCC21. The van der Waals surface area contributed by atoms with Crippen LogP contribution in [-0.4, -0.2) is 29.2 Å². The van der Waals surface area contributed by atoms with Crippen LogP contribution in [0.2, 0.25) is 0 Å². The van der Waals surface area contributed by atoms with Gasteiger partial charge in [0.2, 0.25) is 0 Å². The quantitative estimate of drug-likeness (QED) is 0.741. The Morgan fingerprint density at radius 1 is 1.15 bits per heavy atom. The van der Waals surface area contributed by atoms with E-state index in [1.807, 2.05) is 6.92 Å². The molecule has 0 heterocycles. The van der Waals surface area contributed by atoms with Crippen LogP contribution in [0.3, 0.4) is 0 Å². The normalized spacial score (nSPS) is 47.5. The van der Waals surface area contributed by atoms with Crippen LogP contribution < -0.4 is 0 Å². The van der Waals surface area contributed by atoms with Crippen molar-refractivity contribution in [2.24, 2.45) is 29.1 Å². The number of Topliss-reactive ketones (excluding diaryl/α,β-unsaturated/α-hetero) is 1. The van der Waals surface area contributed by atoms with Crippen molar-refractivity contribution in [3.05, 3.63) is 11.6 Å². The van der Waals surface area contributed by atoms with Gasteiger partial charge >= 0.3 is 0 Å². The smallest absolute Gasteiger partial charge is 0.132 e. The van der Waals surface area contributed by atoms with Gasteiger partial charge in [0, 0.05) is 6.42 Å². The zero-order chi connectivity index (χ0) is 18.5. The van der Waals surface area contributed by atoms with E-state index in [4.69, 9.17) is 4.74 Å². The number of carbonyl (C=O) groups excluding carboxylic acids is 1. The van der Waals surface area contributed by atoms with Gasteiger partial charge in [-0.1, -0.05) is 18.6 Å². The maximum atomic E-state index is 11.2. The molecule has 0 aromatic heterocycles. The van der Waals surface area contributed by atoms with Gasteiger partial charge in [0.15, 0.2) is 0 Å². The molecule has 0 aromatic rings. The summed E-state index contributed by atoms with van der Waals surface area (Å²) in [6, 6.07) is 0. The average Bonchev–Trinajstić information content (AvgIpc) is 2.98. The largest absolute Gasteiger partial charge is 0.390 e. The van der Waals surface area contributed by atoms with Crippen LogP contribution in [0, 0.1) is 29.1 Å². The van der Waals surface area contributed by atoms with E-state index in [9.17, 15) is 9.90 Å². The topological polar surface area (TPSA) is 46.5 Å². The van der Waals surface area contributed by atoms with Crippen LogP contribution in [0.15, 0.2) is 11.6 Å². The van der Waals surface area contributed by atoms with Crippen molar-refractivity contribution in [1.82, 2.24) is 0 Å². The highest BCUT2D eigenvalue weighted by Gasteiger charge is 2.55. The summed E-state index contributed by atoms with van der Waals surface area (Å²) in [6.07, 6.45) is 12.7. The second-order valence-corrected chi connectivity index (χ2v) is 10.2. The Balaban J connectivity index is 1.47. The molecule has 4 aliphatic carbocycles. The first kappa shape index (κ1) is 18.7. The third kappa shape index (κ3) is 3.20. The monoisotopic (exact) mass is 360 g/mol. The lowest BCUT2D eigenvalue weighted by molar-refractivity contribution is -0.119. The standard InChI is InChI=1S/C23H36O3/c1-15(24)10-13-26-21-9-7-17-18-5-4-16-14-22(2,25)11-12-23(16,3)20(18)8-6-19(17)21/h4,17-21,25H,5-14H2,1-3H3/t17?,18?,19?,20?,21-,22-,23-/m0/s1. The molecule has 4 unspecified atom stereocenters. The number of carbonyl (C=O) groups is 1. The van der Waals surface area contributed by atoms with Gasteiger partial charge in [-0.2, -0.15) is 0 Å². The number of fused-ring (bicyclic) bond motifs is 5. The number of hydrogen-bond acceptors (Lipinski definition) is 3. The number of aliphatic hydroxyl groups is 1. The third-order valence-corrected chi connectivity index (χ3v) is 8.42. The fourth-order valence-corrected chi connectivity index (χ4v) is 6.96. The van der Waals surface area contributed by atoms with E-state index in [1.165, 1.54) is 32.1 Å². The predicted octanol–water partition coefficient (Wildman–Crippen LogP) is 4.67. The van der Waals surface area contributed by atoms with Crippen LogP contribution in [0.25, 0.3) is 0 Å². The second-order valence-electron chi connectivity index (χ2n) is 10.2. The molecule has 0 radical (unpaired) electrons. The second kappa shape index (κ2) is 6.74. The number of rotatable bonds is 4. The fraction of sp³-hybridized carbons (Fsp3) is 0.870. The number of allylic oxidation sites excluding steroid dienone is 1. The summed E-state index contributed by atoms with van der Waals surface area (Å²) < 4.78 is 6.15. The first-order chi connectivity index (χ1) is 12.3. The molecule has 0 aliphatic heterocycles. The Morgan fingerprint density at radius 3 is 2.69 bits per heavy atom. The van der Waals surface area contributed by atoms with Gasteiger partial charge in [-0.25, -0.2) is 0 Å². The summed E-state index contributed by atoms with van der Waals surface area (Å²) in [7, 11) is 0. The summed E-state index contributed by atoms with van der Waals surface area (Å²) in [6.45, 7) is 6.76. The van der Waals surface area contributed by atoms with Crippen LogP contribution in [-0.2, 0) is 9.53 Å². The molecule has 0 bridgehead atoms. The third-order valence-electron chi connectivity index (χ3n) is 8.42. The first-order valence-electron chi connectivity index (χ1n) is 10.8. The van der Waals surface area contributed by atoms with Gasteiger partial charge in [0.05, 0.1) is 18.3 Å². The molecule has 0 amide bonds. The summed E-state index contributed by atoms with van der Waals surface area (Å²) in [5.74, 6) is 3.32. The molecule has 3 fully saturated rings. The lowest BCUT2D eigenvalue weighted by Gasteiger charge is -2.56. The van der Waals surface area contributed by atoms with Crippen molar-refractivity contribution < 1.29 is 14.6 Å². The van der Waals surface area contributed by atoms with Crippen LogP contribution in [0.1, 0.15) is 78.6 Å². The number of ether oxygens (including phenoxy) is 1. The lowest BCUT2D eigenvalue weighted by Crippen LogP contribution is -2.49. The Morgan fingerprint density at radius 2 is 1.92 bits per heavy atom. The van der Waals surface area contributed by atoms with Gasteiger partial charge in [-0.3, -0.25) is 4.79 Å². The van der Waals surface area contributed by atoms with Gasteiger partial charge < -0.3 is 9.84 Å². The zero-order valence-electron chi connectivity index (χ0n) is 16.8. The van der Waals surface area contributed by atoms with E-state index in [0.29, 0.717) is 30.5 Å². The highest BCUT2D eigenvalue weighted by atomic mass is 16.5. The van der Waals surface area contributed by atoms with E-state index >= 15 is 0 Å². The van der Waals surface area contributed by atoms with Crippen LogP contribution in [0.5, 0.6) is 0 Å². The highest BCUT2D eigenvalue weighted by Crippen LogP contribution is 2.62. The number of ketones is 1. The summed E-state index contributed by atoms with van der Waals surface area (Å²) >= 11 is 0. The van der Waals surface area contributed by atoms with E-state index in [0.717, 1.165) is 37.0 Å². The Labute approximate surface area is 158 Å². The molecule has 3 heteroatoms. The molecule has 0 spiro atoms. The predicted molar refractivity (Wildman–Crippen MR) is 103 cm³/mol. The summed E-state index contributed by atoms with van der Waals surface area (Å²) in [5, 5.41) is 10.5. The Kier molecular flexibility index (Phi) is 4.84. The zero-order valence-corrected chi connectivity index (χ0v) is 16.8. The van der Waals surface area contributed by atoms with Crippen molar-refractivity contribution in [1.29, 1.82) is 0 Å². The molecule has 1 N–H and O–H groups in total. The molecule has 26 heavy (non-hydrogen) atoms. The van der Waals surface area contributed by atoms with Crippen molar-refractivity contribution >= 4 is 5.78 Å². The molecule has 4 rings (SSSR count). The molecule has 146 valence electrons. The van der Waals surface area contributed by atoms with Crippen molar-refractivity contribution in [3.8, 4) is 0 Å². The molecule has 4 aliphatic rings. The molecular formula is C23H36O3. The molecule has 3 nitrogen and oxygen atoms in total. The molecule has 0 saturated heterocycles. The molecule has 0 aromatic carbocycles. The van der Waals surface area contributed by atoms with Crippen LogP contribution >= 0.6 is 0 Å². The number of hydrogen-bond donors (Lipinski definition) is 1. The first-order valence-corrected chi connectivity index (χ1v) is 10.8. The van der Waals surface area contributed by atoms with E-state index in [2.05, 4.69) is 13.0 Å². The van der Waals surface area contributed by atoms with Gasteiger partial charge in [0.1, 0.15) is 5.78 Å². The average molecular weight is 361 g/mol. The molecule has 3 saturated carbocycles. The minimum Gasteiger partial charge on any atom is -0.390 e. The Hall–Kier alpha value is -0.670. The van der Waals surface area contributed by atoms with Gasteiger partial charge in [-0.05, 0) is 94.3 Å². The van der Waals surface area contributed by atoms with E-state index in [1.54, 1.807) is 12.5 Å². The van der Waals surface area contributed by atoms with E-state index < -0.39 is 5.60 Å². The minimum atomic E-state index is -0.502. The fourth-order valence-electron chi connectivity index (χ4n) is 6.96.